The first kappa shape index (κ1) is 20.4. The van der Waals surface area contributed by atoms with E-state index in [2.05, 4.69) is 58.3 Å². The van der Waals surface area contributed by atoms with Crippen molar-refractivity contribution in [3.63, 3.8) is 0 Å². The van der Waals surface area contributed by atoms with Crippen LogP contribution in [0.1, 0.15) is 44.8 Å². The molecule has 0 atom stereocenters. The fourth-order valence-corrected chi connectivity index (χ4v) is 4.94. The van der Waals surface area contributed by atoms with E-state index in [0.29, 0.717) is 16.7 Å². The van der Waals surface area contributed by atoms with Crippen molar-refractivity contribution in [2.45, 2.75) is 13.0 Å². The van der Waals surface area contributed by atoms with Crippen LogP contribution in [0.15, 0.2) is 96.2 Å². The van der Waals surface area contributed by atoms with Gasteiger partial charge in [0.1, 0.15) is 0 Å². The van der Waals surface area contributed by atoms with Gasteiger partial charge in [-0.25, -0.2) is 0 Å². The Morgan fingerprint density at radius 2 is 1.09 bits per heavy atom. The first-order chi connectivity index (χ1) is 15.6. The molecule has 0 radical (unpaired) electrons. The van der Waals surface area contributed by atoms with Crippen molar-refractivity contribution >= 4 is 11.6 Å². The van der Waals surface area contributed by atoms with Gasteiger partial charge in [-0.2, -0.15) is 0 Å². The molecule has 0 bridgehead atoms. The number of Topliss-reactive ketones (excluding diaryl/α,β-unsaturated/α-hetero) is 2. The largest absolute Gasteiger partial charge is 0.372 e. The molecule has 1 aliphatic carbocycles. The van der Waals surface area contributed by atoms with Gasteiger partial charge in [0.15, 0.2) is 11.6 Å². The molecule has 5 rings (SSSR count). The van der Waals surface area contributed by atoms with Crippen LogP contribution in [0, 0.1) is 0 Å². The summed E-state index contributed by atoms with van der Waals surface area (Å²) in [7, 11) is 0. The van der Waals surface area contributed by atoms with E-state index in [1.165, 1.54) is 11.1 Å². The van der Waals surface area contributed by atoms with E-state index in [9.17, 15) is 9.59 Å². The summed E-state index contributed by atoms with van der Waals surface area (Å²) in [6, 6.07) is 28.5. The number of hydrogen-bond donors (Lipinski definition) is 0. The summed E-state index contributed by atoms with van der Waals surface area (Å²) >= 11 is 0. The minimum absolute atomic E-state index is 0.142. The predicted octanol–water partition coefficient (Wildman–Crippen LogP) is 4.75. The summed E-state index contributed by atoms with van der Waals surface area (Å²) in [6.07, 6.45) is 0. The number of rotatable bonds is 4. The van der Waals surface area contributed by atoms with Crippen LogP contribution in [0.2, 0.25) is 0 Å². The van der Waals surface area contributed by atoms with Gasteiger partial charge in [-0.15, -0.1) is 0 Å². The van der Waals surface area contributed by atoms with Gasteiger partial charge in [0.25, 0.3) is 0 Å². The quantitative estimate of drug-likeness (QED) is 0.450. The first-order valence-electron chi connectivity index (χ1n) is 11.1. The second kappa shape index (κ2) is 8.56. The van der Waals surface area contributed by atoms with Gasteiger partial charge in [-0.1, -0.05) is 84.9 Å². The lowest BCUT2D eigenvalue weighted by Crippen LogP contribution is -2.47. The van der Waals surface area contributed by atoms with Gasteiger partial charge in [0, 0.05) is 43.0 Å². The zero-order valence-electron chi connectivity index (χ0n) is 18.2. The summed E-state index contributed by atoms with van der Waals surface area (Å²) in [4.78, 5) is 30.5. The summed E-state index contributed by atoms with van der Waals surface area (Å²) in [6.45, 7) is 5.19. The number of allylic oxidation sites excluding steroid dienone is 2. The number of carbonyl (C=O) groups excluding carboxylic acids is 2. The summed E-state index contributed by atoms with van der Waals surface area (Å²) in [5.74, 6) is -0.283. The average Bonchev–Trinajstić information content (AvgIpc) is 3.11. The number of fused-ring (bicyclic) bond motifs is 1. The lowest BCUT2D eigenvalue weighted by molar-refractivity contribution is 0.0970. The molecule has 3 aromatic rings. The van der Waals surface area contributed by atoms with E-state index < -0.39 is 0 Å². The lowest BCUT2D eigenvalue weighted by atomic mass is 9.96. The minimum atomic E-state index is -0.142. The van der Waals surface area contributed by atoms with Crippen molar-refractivity contribution in [3.8, 4) is 0 Å². The van der Waals surface area contributed by atoms with Crippen molar-refractivity contribution in [1.29, 1.82) is 0 Å². The summed E-state index contributed by atoms with van der Waals surface area (Å²) in [5, 5.41) is 0. The second-order valence-corrected chi connectivity index (χ2v) is 8.41. The molecule has 0 unspecified atom stereocenters. The van der Waals surface area contributed by atoms with E-state index in [1.54, 1.807) is 12.1 Å². The number of carbonyl (C=O) groups is 2. The van der Waals surface area contributed by atoms with Crippen LogP contribution in [0.5, 0.6) is 0 Å². The number of ketones is 2. The van der Waals surface area contributed by atoms with Crippen molar-refractivity contribution in [3.05, 3.63) is 118 Å². The molecule has 160 valence electrons. The molecule has 2 aliphatic rings. The standard InChI is InChI=1S/C28H26N2O2/c1-20(25-27(31)23-14-8-9-15-24(23)28(25)32)29-16-18-30(19-17-29)26(21-10-4-2-5-11-21)22-12-6-3-7-13-22/h2-15,26H,16-19H2,1H3. The van der Waals surface area contributed by atoms with Crippen LogP contribution in [0.25, 0.3) is 0 Å². The Labute approximate surface area is 188 Å². The third-order valence-corrected chi connectivity index (χ3v) is 6.62. The number of piperazine rings is 1. The molecule has 1 heterocycles. The second-order valence-electron chi connectivity index (χ2n) is 8.41. The Balaban J connectivity index is 1.38. The molecule has 0 amide bonds. The van der Waals surface area contributed by atoms with Crippen molar-refractivity contribution in [1.82, 2.24) is 9.80 Å². The van der Waals surface area contributed by atoms with E-state index in [0.717, 1.165) is 31.9 Å². The molecular weight excluding hydrogens is 396 g/mol. The molecule has 0 N–H and O–H groups in total. The van der Waals surface area contributed by atoms with E-state index in [4.69, 9.17) is 0 Å². The monoisotopic (exact) mass is 422 g/mol. The highest BCUT2D eigenvalue weighted by molar-refractivity contribution is 6.39. The highest BCUT2D eigenvalue weighted by Crippen LogP contribution is 2.32. The number of benzene rings is 3. The maximum Gasteiger partial charge on any atom is 0.199 e. The number of hydrogen-bond acceptors (Lipinski definition) is 4. The van der Waals surface area contributed by atoms with Crippen LogP contribution in [-0.2, 0) is 0 Å². The molecule has 1 aliphatic heterocycles. The number of nitrogens with zero attached hydrogens (tertiary/aromatic N) is 2. The normalized spacial score (nSPS) is 16.6. The Bertz CT molecular complexity index is 1100. The minimum Gasteiger partial charge on any atom is -0.372 e. The van der Waals surface area contributed by atoms with Crippen molar-refractivity contribution in [2.75, 3.05) is 26.2 Å². The summed E-state index contributed by atoms with van der Waals surface area (Å²) in [5.41, 5.74) is 4.74. The zero-order chi connectivity index (χ0) is 22.1. The zero-order valence-corrected chi connectivity index (χ0v) is 18.2. The molecule has 1 fully saturated rings. The van der Waals surface area contributed by atoms with E-state index in [-0.39, 0.29) is 17.6 Å². The molecule has 0 spiro atoms. The molecule has 4 heteroatoms. The van der Waals surface area contributed by atoms with Crippen LogP contribution >= 0.6 is 0 Å². The fraction of sp³-hybridized carbons (Fsp3) is 0.214. The van der Waals surface area contributed by atoms with Crippen LogP contribution < -0.4 is 0 Å². The fourth-order valence-electron chi connectivity index (χ4n) is 4.94. The Hall–Kier alpha value is -3.50. The van der Waals surface area contributed by atoms with Crippen LogP contribution in [-0.4, -0.2) is 47.5 Å². The lowest BCUT2D eigenvalue weighted by Gasteiger charge is -2.41. The van der Waals surface area contributed by atoms with Gasteiger partial charge < -0.3 is 4.90 Å². The van der Waals surface area contributed by atoms with Gasteiger partial charge in [0.2, 0.25) is 0 Å². The third-order valence-electron chi connectivity index (χ3n) is 6.62. The molecular formula is C28H26N2O2. The maximum absolute atomic E-state index is 12.9. The van der Waals surface area contributed by atoms with Gasteiger partial charge in [-0.3, -0.25) is 14.5 Å². The van der Waals surface area contributed by atoms with Gasteiger partial charge in [0.05, 0.1) is 11.6 Å². The van der Waals surface area contributed by atoms with Crippen molar-refractivity contribution < 1.29 is 9.59 Å². The maximum atomic E-state index is 12.9. The van der Waals surface area contributed by atoms with Crippen LogP contribution in [0.4, 0.5) is 0 Å². The first-order valence-corrected chi connectivity index (χ1v) is 11.1. The molecule has 0 saturated carbocycles. The molecule has 32 heavy (non-hydrogen) atoms. The van der Waals surface area contributed by atoms with Gasteiger partial charge in [-0.05, 0) is 18.1 Å². The van der Waals surface area contributed by atoms with E-state index >= 15 is 0 Å². The molecule has 0 aromatic heterocycles. The van der Waals surface area contributed by atoms with Gasteiger partial charge >= 0.3 is 0 Å². The van der Waals surface area contributed by atoms with Crippen molar-refractivity contribution in [2.24, 2.45) is 0 Å². The smallest absolute Gasteiger partial charge is 0.199 e. The Kier molecular flexibility index (Phi) is 5.46. The molecule has 1 saturated heterocycles. The Morgan fingerprint density at radius 1 is 0.656 bits per heavy atom. The topological polar surface area (TPSA) is 40.6 Å². The molecule has 4 nitrogen and oxygen atoms in total. The summed E-state index contributed by atoms with van der Waals surface area (Å²) < 4.78 is 0. The third kappa shape index (κ3) is 3.57. The average molecular weight is 423 g/mol. The highest BCUT2D eigenvalue weighted by Gasteiger charge is 2.36. The molecule has 3 aromatic carbocycles. The Morgan fingerprint density at radius 3 is 1.56 bits per heavy atom. The highest BCUT2D eigenvalue weighted by atomic mass is 16.2. The van der Waals surface area contributed by atoms with E-state index in [1.807, 2.05) is 31.2 Å². The van der Waals surface area contributed by atoms with Crippen LogP contribution in [0.3, 0.4) is 0 Å². The SMILES string of the molecule is CC(=C1C(=O)c2ccccc2C1=O)N1CCN(C(c2ccccc2)c2ccccc2)CC1. The predicted molar refractivity (Wildman–Crippen MR) is 126 cm³/mol.